The molecule has 1 aromatic rings. The fourth-order valence-corrected chi connectivity index (χ4v) is 1.77. The highest BCUT2D eigenvalue weighted by molar-refractivity contribution is 5.89. The maximum atomic E-state index is 12.2. The third-order valence-corrected chi connectivity index (χ3v) is 2.60. The van der Waals surface area contributed by atoms with Gasteiger partial charge >= 0.3 is 6.18 Å². The molecular weight excluding hydrogens is 251 g/mol. The Bertz CT molecular complexity index is 424. The number of H-pyrrole nitrogens is 1. The van der Waals surface area contributed by atoms with Gasteiger partial charge in [-0.25, -0.2) is 0 Å². The highest BCUT2D eigenvalue weighted by Gasteiger charge is 2.35. The first-order valence-corrected chi connectivity index (χ1v) is 5.48. The van der Waals surface area contributed by atoms with Gasteiger partial charge in [-0.05, 0) is 19.4 Å². The van der Waals surface area contributed by atoms with Crippen LogP contribution >= 0.6 is 0 Å². The van der Waals surface area contributed by atoms with Crippen LogP contribution in [0.4, 0.5) is 19.1 Å². The fourth-order valence-electron chi connectivity index (χ4n) is 1.77. The van der Waals surface area contributed by atoms with E-state index in [2.05, 4.69) is 20.7 Å². The number of halogens is 3. The van der Waals surface area contributed by atoms with Crippen molar-refractivity contribution >= 4 is 11.9 Å². The van der Waals surface area contributed by atoms with Crippen LogP contribution in [0.1, 0.15) is 25.1 Å². The fraction of sp³-hybridized carbons (Fsp3) is 0.667. The minimum Gasteiger partial charge on any atom is -0.313 e. The molecule has 100 valence electrons. The molecule has 2 heterocycles. The molecule has 1 unspecified atom stereocenters. The second kappa shape index (κ2) is 4.92. The molecular formula is C9H12F3N5O. The maximum Gasteiger partial charge on any atom is 0.451 e. The first-order valence-electron chi connectivity index (χ1n) is 5.48. The van der Waals surface area contributed by atoms with Crippen molar-refractivity contribution in [3.05, 3.63) is 5.82 Å². The first kappa shape index (κ1) is 12.8. The topological polar surface area (TPSA) is 82.7 Å². The lowest BCUT2D eigenvalue weighted by Crippen LogP contribution is -2.27. The van der Waals surface area contributed by atoms with Crippen LogP contribution in [0.25, 0.3) is 0 Å². The van der Waals surface area contributed by atoms with Gasteiger partial charge in [-0.15, -0.1) is 5.10 Å². The standard InChI is InChI=1S/C9H12F3N5O/c10-9(11,12)7-15-8(17-16-7)14-6(18)4-5-2-1-3-13-5/h5,13H,1-4H2,(H2,14,15,16,17,18). The lowest BCUT2D eigenvalue weighted by molar-refractivity contribution is -0.144. The molecule has 0 aliphatic carbocycles. The Morgan fingerprint density at radius 2 is 2.28 bits per heavy atom. The van der Waals surface area contributed by atoms with Gasteiger partial charge in [0.2, 0.25) is 17.7 Å². The zero-order chi connectivity index (χ0) is 13.2. The number of aromatic nitrogens is 3. The summed E-state index contributed by atoms with van der Waals surface area (Å²) in [5.74, 6) is -1.98. The third kappa shape index (κ3) is 3.19. The van der Waals surface area contributed by atoms with E-state index in [0.29, 0.717) is 0 Å². The highest BCUT2D eigenvalue weighted by Crippen LogP contribution is 2.26. The van der Waals surface area contributed by atoms with Crippen LogP contribution in [0.5, 0.6) is 0 Å². The Labute approximate surface area is 100 Å². The molecule has 0 saturated carbocycles. The molecule has 1 atom stereocenters. The molecule has 1 aromatic heterocycles. The van der Waals surface area contributed by atoms with E-state index >= 15 is 0 Å². The van der Waals surface area contributed by atoms with Crippen molar-refractivity contribution in [3.63, 3.8) is 0 Å². The number of amides is 1. The van der Waals surface area contributed by atoms with Crippen LogP contribution < -0.4 is 10.6 Å². The predicted molar refractivity (Wildman–Crippen MR) is 55.7 cm³/mol. The summed E-state index contributed by atoms with van der Waals surface area (Å²) < 4.78 is 36.6. The SMILES string of the molecule is O=C(CC1CCCN1)Nc1n[nH]c(C(F)(F)F)n1. The number of anilines is 1. The van der Waals surface area contributed by atoms with Gasteiger partial charge in [0, 0.05) is 12.5 Å². The summed E-state index contributed by atoms with van der Waals surface area (Å²) in [6, 6.07) is 0.0750. The number of rotatable bonds is 3. The molecule has 1 aliphatic heterocycles. The molecule has 3 N–H and O–H groups in total. The van der Waals surface area contributed by atoms with Gasteiger partial charge in [-0.3, -0.25) is 15.2 Å². The van der Waals surface area contributed by atoms with Gasteiger partial charge in [-0.2, -0.15) is 18.2 Å². The van der Waals surface area contributed by atoms with E-state index in [0.717, 1.165) is 19.4 Å². The molecule has 1 aliphatic rings. The number of aromatic amines is 1. The van der Waals surface area contributed by atoms with Crippen molar-refractivity contribution < 1.29 is 18.0 Å². The second-order valence-electron chi connectivity index (χ2n) is 4.05. The van der Waals surface area contributed by atoms with Crippen LogP contribution in [0.3, 0.4) is 0 Å². The number of hydrogen-bond donors (Lipinski definition) is 3. The van der Waals surface area contributed by atoms with E-state index in [1.807, 2.05) is 0 Å². The van der Waals surface area contributed by atoms with Crippen LogP contribution in [-0.2, 0) is 11.0 Å². The van der Waals surface area contributed by atoms with E-state index in [9.17, 15) is 18.0 Å². The van der Waals surface area contributed by atoms with Gasteiger partial charge in [-0.1, -0.05) is 0 Å². The number of hydrogen-bond acceptors (Lipinski definition) is 4. The largest absolute Gasteiger partial charge is 0.451 e. The van der Waals surface area contributed by atoms with Gasteiger partial charge in [0.1, 0.15) is 0 Å². The van der Waals surface area contributed by atoms with Crippen LogP contribution in [0, 0.1) is 0 Å². The van der Waals surface area contributed by atoms with Crippen LogP contribution in [-0.4, -0.2) is 33.7 Å². The molecule has 0 bridgehead atoms. The van der Waals surface area contributed by atoms with Gasteiger partial charge in [0.05, 0.1) is 0 Å². The van der Waals surface area contributed by atoms with E-state index in [-0.39, 0.29) is 18.4 Å². The van der Waals surface area contributed by atoms with E-state index in [1.54, 1.807) is 5.10 Å². The van der Waals surface area contributed by atoms with Crippen LogP contribution in [0.2, 0.25) is 0 Å². The van der Waals surface area contributed by atoms with Gasteiger partial charge < -0.3 is 5.32 Å². The normalized spacial score (nSPS) is 20.1. The number of alkyl halides is 3. The second-order valence-corrected chi connectivity index (χ2v) is 4.05. The lowest BCUT2D eigenvalue weighted by atomic mass is 10.1. The van der Waals surface area contributed by atoms with E-state index in [4.69, 9.17) is 0 Å². The lowest BCUT2D eigenvalue weighted by Gasteiger charge is -2.08. The predicted octanol–water partition coefficient (Wildman–Crippen LogP) is 0.904. The minimum absolute atomic E-state index is 0.0750. The summed E-state index contributed by atoms with van der Waals surface area (Å²) in [4.78, 5) is 14.7. The van der Waals surface area contributed by atoms with Crippen molar-refractivity contribution in [2.75, 3.05) is 11.9 Å². The Kier molecular flexibility index (Phi) is 3.50. The van der Waals surface area contributed by atoms with Crippen molar-refractivity contribution in [2.45, 2.75) is 31.5 Å². The molecule has 6 nitrogen and oxygen atoms in total. The summed E-state index contributed by atoms with van der Waals surface area (Å²) >= 11 is 0. The summed E-state index contributed by atoms with van der Waals surface area (Å²) in [5, 5.41) is 10.4. The number of carbonyl (C=O) groups excluding carboxylic acids is 1. The van der Waals surface area contributed by atoms with E-state index in [1.165, 1.54) is 0 Å². The monoisotopic (exact) mass is 263 g/mol. The minimum atomic E-state index is -4.59. The maximum absolute atomic E-state index is 12.2. The molecule has 1 saturated heterocycles. The number of nitrogens with zero attached hydrogens (tertiary/aromatic N) is 2. The molecule has 9 heteroatoms. The number of carbonyl (C=O) groups is 1. The van der Waals surface area contributed by atoms with Gasteiger partial charge in [0.25, 0.3) is 0 Å². The summed E-state index contributed by atoms with van der Waals surface area (Å²) in [6.45, 7) is 0.858. The van der Waals surface area contributed by atoms with Gasteiger partial charge in [0.15, 0.2) is 0 Å². The summed E-state index contributed by atoms with van der Waals surface area (Å²) in [6.07, 6.45) is -2.51. The van der Waals surface area contributed by atoms with Crippen molar-refractivity contribution in [3.8, 4) is 0 Å². The molecule has 1 fully saturated rings. The van der Waals surface area contributed by atoms with Crippen molar-refractivity contribution in [1.29, 1.82) is 0 Å². The molecule has 0 aromatic carbocycles. The Morgan fingerprint density at radius 3 is 2.83 bits per heavy atom. The highest BCUT2D eigenvalue weighted by atomic mass is 19.4. The third-order valence-electron chi connectivity index (χ3n) is 2.60. The average molecular weight is 263 g/mol. The molecule has 1 amide bonds. The van der Waals surface area contributed by atoms with Crippen molar-refractivity contribution in [1.82, 2.24) is 20.5 Å². The molecule has 0 spiro atoms. The Balaban J connectivity index is 1.88. The number of nitrogens with one attached hydrogen (secondary N) is 3. The molecule has 18 heavy (non-hydrogen) atoms. The summed E-state index contributed by atoms with van der Waals surface area (Å²) in [7, 11) is 0. The van der Waals surface area contributed by atoms with E-state index < -0.39 is 17.9 Å². The zero-order valence-corrected chi connectivity index (χ0v) is 9.34. The molecule has 2 rings (SSSR count). The van der Waals surface area contributed by atoms with Crippen LogP contribution in [0.15, 0.2) is 0 Å². The zero-order valence-electron chi connectivity index (χ0n) is 9.34. The first-order chi connectivity index (χ1) is 8.45. The summed E-state index contributed by atoms with van der Waals surface area (Å²) in [5.41, 5.74) is 0. The quantitative estimate of drug-likeness (QED) is 0.756. The Morgan fingerprint density at radius 1 is 1.50 bits per heavy atom. The average Bonchev–Trinajstić information content (AvgIpc) is 2.87. The molecule has 0 radical (unpaired) electrons. The van der Waals surface area contributed by atoms with Crippen molar-refractivity contribution in [2.24, 2.45) is 0 Å². The Hall–Kier alpha value is -1.64. The smallest absolute Gasteiger partial charge is 0.313 e.